The van der Waals surface area contributed by atoms with Crippen molar-refractivity contribution in [2.45, 2.75) is 26.0 Å². The molecule has 1 N–H and O–H groups in total. The highest BCUT2D eigenvalue weighted by atomic mass is 16.5. The molecule has 1 aromatic heterocycles. The first-order chi connectivity index (χ1) is 6.70. The normalized spacial score (nSPS) is 17.5. The van der Waals surface area contributed by atoms with Crippen molar-refractivity contribution in [1.29, 1.82) is 0 Å². The minimum atomic E-state index is -0.820. The Balaban J connectivity index is 2.34. The summed E-state index contributed by atoms with van der Waals surface area (Å²) in [5.74, 6) is -0.507. The summed E-state index contributed by atoms with van der Waals surface area (Å²) in [6.45, 7) is 3.47. The highest BCUT2D eigenvalue weighted by Crippen LogP contribution is 2.19. The Labute approximate surface area is 81.3 Å². The zero-order chi connectivity index (χ0) is 10.1. The van der Waals surface area contributed by atoms with Gasteiger partial charge in [-0.3, -0.25) is 4.79 Å². The number of hydrogen-bond donors (Lipinski definition) is 1. The molecule has 0 aromatic carbocycles. The summed E-state index contributed by atoms with van der Waals surface area (Å²) in [7, 11) is 0. The van der Waals surface area contributed by atoms with Crippen LogP contribution in [0.15, 0.2) is 6.20 Å². The average Bonchev–Trinajstić information content (AvgIpc) is 2.60. The third-order valence-corrected chi connectivity index (χ3v) is 2.47. The van der Waals surface area contributed by atoms with Crippen LogP contribution in [0, 0.1) is 0 Å². The van der Waals surface area contributed by atoms with Crippen molar-refractivity contribution in [3.63, 3.8) is 0 Å². The molecule has 0 spiro atoms. The molecule has 1 unspecified atom stereocenters. The molecule has 1 aliphatic heterocycles. The number of fused-ring (bicyclic) bond motifs is 1. The molecule has 5 heteroatoms. The maximum absolute atomic E-state index is 10.8. The van der Waals surface area contributed by atoms with E-state index in [9.17, 15) is 4.79 Å². The molecule has 1 atom stereocenters. The summed E-state index contributed by atoms with van der Waals surface area (Å²) >= 11 is 0. The van der Waals surface area contributed by atoms with Gasteiger partial charge in [-0.15, -0.1) is 0 Å². The third-order valence-electron chi connectivity index (χ3n) is 2.47. The van der Waals surface area contributed by atoms with Crippen molar-refractivity contribution in [2.75, 3.05) is 6.61 Å². The highest BCUT2D eigenvalue weighted by molar-refractivity contribution is 5.74. The van der Waals surface area contributed by atoms with E-state index in [-0.39, 0.29) is 0 Å². The van der Waals surface area contributed by atoms with Gasteiger partial charge in [-0.1, -0.05) is 0 Å². The number of ether oxygens (including phenoxy) is 1. The number of aliphatic carboxylic acids is 1. The van der Waals surface area contributed by atoms with Crippen LogP contribution in [0.2, 0.25) is 0 Å². The lowest BCUT2D eigenvalue weighted by molar-refractivity contribution is -0.138. The lowest BCUT2D eigenvalue weighted by atomic mass is 10.1. The van der Waals surface area contributed by atoms with E-state index < -0.39 is 11.9 Å². The highest BCUT2D eigenvalue weighted by Gasteiger charge is 2.22. The van der Waals surface area contributed by atoms with Gasteiger partial charge in [0.1, 0.15) is 12.4 Å². The minimum absolute atomic E-state index is 0.479. The largest absolute Gasteiger partial charge is 0.481 e. The van der Waals surface area contributed by atoms with Crippen LogP contribution in [0.1, 0.15) is 24.4 Å². The Morgan fingerprint density at radius 2 is 2.57 bits per heavy atom. The Kier molecular flexibility index (Phi) is 2.25. The molecule has 2 heterocycles. The van der Waals surface area contributed by atoms with Crippen LogP contribution < -0.4 is 0 Å². The average molecular weight is 196 g/mol. The van der Waals surface area contributed by atoms with Gasteiger partial charge in [0.25, 0.3) is 0 Å². The molecule has 0 saturated carbocycles. The summed E-state index contributed by atoms with van der Waals surface area (Å²) in [6.07, 6.45) is 1.63. The van der Waals surface area contributed by atoms with Gasteiger partial charge in [0, 0.05) is 12.7 Å². The van der Waals surface area contributed by atoms with E-state index in [1.165, 1.54) is 0 Å². The smallest absolute Gasteiger partial charge is 0.312 e. The van der Waals surface area contributed by atoms with E-state index in [1.54, 1.807) is 13.1 Å². The van der Waals surface area contributed by atoms with Crippen LogP contribution in [-0.2, 0) is 22.7 Å². The van der Waals surface area contributed by atoms with E-state index in [1.807, 2.05) is 4.57 Å². The maximum atomic E-state index is 10.8. The molecule has 1 aromatic rings. The number of nitrogens with zero attached hydrogens (tertiary/aromatic N) is 2. The predicted molar refractivity (Wildman–Crippen MR) is 47.9 cm³/mol. The summed E-state index contributed by atoms with van der Waals surface area (Å²) in [5, 5.41) is 8.88. The molecule has 0 bridgehead atoms. The number of carboxylic acid groups (broad SMARTS) is 1. The third kappa shape index (κ3) is 1.39. The predicted octanol–water partition coefficient (Wildman–Crippen LogP) is 0.601. The molecule has 0 radical (unpaired) electrons. The van der Waals surface area contributed by atoms with Gasteiger partial charge < -0.3 is 14.4 Å². The van der Waals surface area contributed by atoms with Gasteiger partial charge in [-0.05, 0) is 6.92 Å². The summed E-state index contributed by atoms with van der Waals surface area (Å²) in [4.78, 5) is 14.9. The van der Waals surface area contributed by atoms with Crippen molar-refractivity contribution in [2.24, 2.45) is 0 Å². The Hall–Kier alpha value is -1.36. The number of imidazole rings is 1. The molecule has 14 heavy (non-hydrogen) atoms. The van der Waals surface area contributed by atoms with Gasteiger partial charge in [-0.2, -0.15) is 0 Å². The molecule has 2 rings (SSSR count). The standard InChI is InChI=1S/C9H12N2O3/c1-6(9(12)13)7-4-10-8-5-14-3-2-11(7)8/h4,6H,2-3,5H2,1H3,(H,12,13). The fourth-order valence-electron chi connectivity index (χ4n) is 1.59. The van der Waals surface area contributed by atoms with Crippen molar-refractivity contribution in [1.82, 2.24) is 9.55 Å². The molecule has 0 aliphatic carbocycles. The van der Waals surface area contributed by atoms with Crippen LogP contribution in [0.5, 0.6) is 0 Å². The zero-order valence-corrected chi connectivity index (χ0v) is 7.93. The van der Waals surface area contributed by atoms with Crippen LogP contribution in [0.25, 0.3) is 0 Å². The van der Waals surface area contributed by atoms with E-state index in [2.05, 4.69) is 4.98 Å². The van der Waals surface area contributed by atoms with Crippen LogP contribution >= 0.6 is 0 Å². The van der Waals surface area contributed by atoms with Crippen LogP contribution in [0.3, 0.4) is 0 Å². The van der Waals surface area contributed by atoms with E-state index in [0.29, 0.717) is 19.8 Å². The Morgan fingerprint density at radius 1 is 1.79 bits per heavy atom. The van der Waals surface area contributed by atoms with E-state index in [0.717, 1.165) is 11.5 Å². The first kappa shape index (κ1) is 9.21. The summed E-state index contributed by atoms with van der Waals surface area (Å²) < 4.78 is 7.15. The molecular weight excluding hydrogens is 184 g/mol. The number of rotatable bonds is 2. The molecular formula is C9H12N2O3. The number of carbonyl (C=O) groups is 1. The van der Waals surface area contributed by atoms with Crippen molar-refractivity contribution in [3.8, 4) is 0 Å². The number of hydrogen-bond acceptors (Lipinski definition) is 3. The van der Waals surface area contributed by atoms with Gasteiger partial charge >= 0.3 is 5.97 Å². The second kappa shape index (κ2) is 3.42. The molecule has 0 fully saturated rings. The monoisotopic (exact) mass is 196 g/mol. The fourth-order valence-corrected chi connectivity index (χ4v) is 1.59. The van der Waals surface area contributed by atoms with E-state index in [4.69, 9.17) is 9.84 Å². The second-order valence-electron chi connectivity index (χ2n) is 3.36. The number of carboxylic acids is 1. The Morgan fingerprint density at radius 3 is 3.29 bits per heavy atom. The van der Waals surface area contributed by atoms with Crippen LogP contribution in [0.4, 0.5) is 0 Å². The molecule has 76 valence electrons. The van der Waals surface area contributed by atoms with Gasteiger partial charge in [0.05, 0.1) is 18.2 Å². The number of aromatic nitrogens is 2. The van der Waals surface area contributed by atoms with Gasteiger partial charge in [-0.25, -0.2) is 4.98 Å². The quantitative estimate of drug-likeness (QED) is 0.752. The lowest BCUT2D eigenvalue weighted by Crippen LogP contribution is -2.21. The summed E-state index contributed by atoms with van der Waals surface area (Å²) in [6, 6.07) is 0. The topological polar surface area (TPSA) is 64.3 Å². The first-order valence-corrected chi connectivity index (χ1v) is 4.55. The lowest BCUT2D eigenvalue weighted by Gasteiger charge is -2.18. The zero-order valence-electron chi connectivity index (χ0n) is 7.93. The fraction of sp³-hybridized carbons (Fsp3) is 0.556. The second-order valence-corrected chi connectivity index (χ2v) is 3.36. The summed E-state index contributed by atoms with van der Waals surface area (Å²) in [5.41, 5.74) is 0.760. The maximum Gasteiger partial charge on any atom is 0.312 e. The molecule has 1 aliphatic rings. The first-order valence-electron chi connectivity index (χ1n) is 4.55. The molecule has 5 nitrogen and oxygen atoms in total. The Bertz CT molecular complexity index is 359. The molecule has 0 amide bonds. The van der Waals surface area contributed by atoms with Crippen molar-refractivity contribution < 1.29 is 14.6 Å². The van der Waals surface area contributed by atoms with E-state index >= 15 is 0 Å². The van der Waals surface area contributed by atoms with Crippen molar-refractivity contribution >= 4 is 5.97 Å². The minimum Gasteiger partial charge on any atom is -0.481 e. The van der Waals surface area contributed by atoms with Crippen LogP contribution in [-0.4, -0.2) is 27.2 Å². The SMILES string of the molecule is CC(C(=O)O)c1cnc2n1CCOC2. The van der Waals surface area contributed by atoms with Crippen molar-refractivity contribution in [3.05, 3.63) is 17.7 Å². The van der Waals surface area contributed by atoms with Gasteiger partial charge in [0.15, 0.2) is 0 Å². The van der Waals surface area contributed by atoms with Gasteiger partial charge in [0.2, 0.25) is 0 Å². The molecule has 0 saturated heterocycles.